The number of carbonyl (C=O) groups is 1. The van der Waals surface area contributed by atoms with Gasteiger partial charge in [-0.2, -0.15) is 5.26 Å². The summed E-state index contributed by atoms with van der Waals surface area (Å²) in [5.41, 5.74) is 0. The van der Waals surface area contributed by atoms with Crippen LogP contribution < -0.4 is 0 Å². The van der Waals surface area contributed by atoms with Crippen molar-refractivity contribution in [3.05, 3.63) is 12.2 Å². The summed E-state index contributed by atoms with van der Waals surface area (Å²) < 4.78 is 7.19. The average Bonchev–Trinajstić information content (AvgIpc) is 2.94. The van der Waals surface area contributed by atoms with Crippen molar-refractivity contribution in [3.8, 4) is 6.07 Å². The number of morpholine rings is 1. The van der Waals surface area contributed by atoms with E-state index in [1.165, 1.54) is 17.4 Å². The van der Waals surface area contributed by atoms with E-state index in [-0.39, 0.29) is 30.4 Å². The Bertz CT molecular complexity index is 533. The minimum atomic E-state index is 0.0274. The molecule has 1 aliphatic carbocycles. The van der Waals surface area contributed by atoms with Gasteiger partial charge in [-0.25, -0.2) is 9.67 Å². The van der Waals surface area contributed by atoms with Gasteiger partial charge in [-0.3, -0.25) is 4.79 Å². The van der Waals surface area contributed by atoms with E-state index in [0.29, 0.717) is 13.2 Å². The lowest BCUT2D eigenvalue weighted by Gasteiger charge is -2.43. The van der Waals surface area contributed by atoms with Crippen molar-refractivity contribution in [1.29, 1.82) is 5.26 Å². The van der Waals surface area contributed by atoms with Gasteiger partial charge in [-0.1, -0.05) is 12.8 Å². The van der Waals surface area contributed by atoms with Crippen LogP contribution in [0, 0.1) is 11.3 Å². The lowest BCUT2D eigenvalue weighted by Crippen LogP contribution is -2.55. The van der Waals surface area contributed by atoms with Gasteiger partial charge < -0.3 is 9.64 Å². The molecule has 1 aromatic heterocycles. The molecule has 0 radical (unpaired) electrons. The first-order valence-electron chi connectivity index (χ1n) is 6.98. The predicted octanol–water partition coefficient (Wildman–Crippen LogP) is 0.320. The van der Waals surface area contributed by atoms with Gasteiger partial charge in [0.2, 0.25) is 5.91 Å². The third kappa shape index (κ3) is 2.51. The molecule has 106 valence electrons. The van der Waals surface area contributed by atoms with Gasteiger partial charge in [0.05, 0.1) is 18.8 Å². The maximum Gasteiger partial charge on any atom is 0.252 e. The quantitative estimate of drug-likeness (QED) is 0.776. The fraction of sp³-hybridized carbons (Fsp3) is 0.692. The Morgan fingerprint density at radius 3 is 3.15 bits per heavy atom. The SMILES string of the molecule is N#Cc1ncn(CC(=O)N2CCOC3CCCCC32)n1. The fourth-order valence-corrected chi connectivity index (χ4v) is 3.06. The van der Waals surface area contributed by atoms with Crippen LogP contribution in [0.3, 0.4) is 0 Å². The number of aromatic nitrogens is 3. The van der Waals surface area contributed by atoms with E-state index in [0.717, 1.165) is 19.3 Å². The zero-order valence-electron chi connectivity index (χ0n) is 11.2. The Morgan fingerprint density at radius 1 is 1.50 bits per heavy atom. The second kappa shape index (κ2) is 5.59. The van der Waals surface area contributed by atoms with Crippen LogP contribution in [0.1, 0.15) is 31.5 Å². The molecule has 0 N–H and O–H groups in total. The van der Waals surface area contributed by atoms with Gasteiger partial charge in [-0.05, 0) is 12.8 Å². The predicted molar refractivity (Wildman–Crippen MR) is 68.4 cm³/mol. The smallest absolute Gasteiger partial charge is 0.252 e. The molecule has 1 aliphatic heterocycles. The van der Waals surface area contributed by atoms with Crippen LogP contribution in [-0.4, -0.2) is 50.9 Å². The number of hydrogen-bond acceptors (Lipinski definition) is 5. The summed E-state index contributed by atoms with van der Waals surface area (Å²) in [6.07, 6.45) is 5.99. The molecule has 20 heavy (non-hydrogen) atoms. The van der Waals surface area contributed by atoms with Gasteiger partial charge in [0.25, 0.3) is 5.82 Å². The number of amides is 1. The highest BCUT2D eigenvalue weighted by atomic mass is 16.5. The molecule has 1 saturated carbocycles. The Balaban J connectivity index is 1.67. The normalized spacial score (nSPS) is 25.9. The highest BCUT2D eigenvalue weighted by Gasteiger charge is 2.36. The van der Waals surface area contributed by atoms with E-state index >= 15 is 0 Å². The molecule has 0 spiro atoms. The molecule has 2 fully saturated rings. The van der Waals surface area contributed by atoms with Gasteiger partial charge in [-0.15, -0.1) is 5.10 Å². The number of carbonyl (C=O) groups excluding carboxylic acids is 1. The first-order valence-corrected chi connectivity index (χ1v) is 6.98. The molecule has 7 heteroatoms. The third-order valence-corrected chi connectivity index (χ3v) is 3.99. The number of nitriles is 1. The van der Waals surface area contributed by atoms with Crippen molar-refractivity contribution in [2.24, 2.45) is 0 Å². The Labute approximate surface area is 117 Å². The van der Waals surface area contributed by atoms with Gasteiger partial charge in [0, 0.05) is 6.54 Å². The van der Waals surface area contributed by atoms with E-state index in [2.05, 4.69) is 10.1 Å². The van der Waals surface area contributed by atoms with Gasteiger partial charge in [0.1, 0.15) is 18.9 Å². The maximum atomic E-state index is 12.4. The Hall–Kier alpha value is -1.94. The molecule has 0 aromatic carbocycles. The van der Waals surface area contributed by atoms with Crippen LogP contribution >= 0.6 is 0 Å². The third-order valence-electron chi connectivity index (χ3n) is 3.99. The van der Waals surface area contributed by atoms with Crippen LogP contribution in [0.25, 0.3) is 0 Å². The summed E-state index contributed by atoms with van der Waals surface area (Å²) in [4.78, 5) is 18.1. The van der Waals surface area contributed by atoms with E-state index in [4.69, 9.17) is 10.00 Å². The highest BCUT2D eigenvalue weighted by molar-refractivity contribution is 5.76. The van der Waals surface area contributed by atoms with Crippen LogP contribution in [0.4, 0.5) is 0 Å². The second-order valence-electron chi connectivity index (χ2n) is 5.23. The summed E-state index contributed by atoms with van der Waals surface area (Å²) >= 11 is 0. The zero-order chi connectivity index (χ0) is 13.9. The summed E-state index contributed by atoms with van der Waals surface area (Å²) in [6, 6.07) is 2.06. The van der Waals surface area contributed by atoms with Crippen LogP contribution in [0.15, 0.2) is 6.33 Å². The van der Waals surface area contributed by atoms with Crippen molar-refractivity contribution < 1.29 is 9.53 Å². The van der Waals surface area contributed by atoms with Crippen LogP contribution in [0.5, 0.6) is 0 Å². The topological polar surface area (TPSA) is 84.0 Å². The summed E-state index contributed by atoms with van der Waals surface area (Å²) in [7, 11) is 0. The number of rotatable bonds is 2. The molecule has 1 aromatic rings. The molecular formula is C13H17N5O2. The summed E-state index contributed by atoms with van der Waals surface area (Å²) in [5.74, 6) is 0.120. The van der Waals surface area contributed by atoms with E-state index in [9.17, 15) is 4.79 Å². The molecule has 2 aliphatic rings. The van der Waals surface area contributed by atoms with E-state index in [1.54, 1.807) is 0 Å². The number of nitrogens with zero attached hydrogens (tertiary/aromatic N) is 5. The standard InChI is InChI=1S/C13H17N5O2/c14-7-12-15-9-17(16-12)8-13(19)18-5-6-20-11-4-2-1-3-10(11)18/h9-11H,1-6,8H2. The summed E-state index contributed by atoms with van der Waals surface area (Å²) in [5, 5.41) is 12.6. The van der Waals surface area contributed by atoms with Crippen LogP contribution in [-0.2, 0) is 16.1 Å². The largest absolute Gasteiger partial charge is 0.374 e. The molecule has 2 atom stereocenters. The molecule has 2 heterocycles. The van der Waals surface area contributed by atoms with E-state index in [1.807, 2.05) is 11.0 Å². The Morgan fingerprint density at radius 2 is 2.35 bits per heavy atom. The average molecular weight is 275 g/mol. The number of ether oxygens (including phenoxy) is 1. The molecule has 2 unspecified atom stereocenters. The van der Waals surface area contributed by atoms with Crippen molar-refractivity contribution in [3.63, 3.8) is 0 Å². The van der Waals surface area contributed by atoms with Crippen molar-refractivity contribution in [1.82, 2.24) is 19.7 Å². The number of fused-ring (bicyclic) bond motifs is 1. The highest BCUT2D eigenvalue weighted by Crippen LogP contribution is 2.28. The second-order valence-corrected chi connectivity index (χ2v) is 5.23. The Kier molecular flexibility index (Phi) is 3.65. The molecule has 0 bridgehead atoms. The zero-order valence-corrected chi connectivity index (χ0v) is 11.2. The van der Waals surface area contributed by atoms with Crippen LogP contribution in [0.2, 0.25) is 0 Å². The fourth-order valence-electron chi connectivity index (χ4n) is 3.06. The van der Waals surface area contributed by atoms with Crippen molar-refractivity contribution in [2.45, 2.75) is 44.4 Å². The minimum absolute atomic E-state index is 0.0274. The number of hydrogen-bond donors (Lipinski definition) is 0. The maximum absolute atomic E-state index is 12.4. The molecule has 7 nitrogen and oxygen atoms in total. The van der Waals surface area contributed by atoms with Crippen molar-refractivity contribution in [2.75, 3.05) is 13.2 Å². The van der Waals surface area contributed by atoms with E-state index < -0.39 is 0 Å². The minimum Gasteiger partial charge on any atom is -0.374 e. The molecule has 3 rings (SSSR count). The van der Waals surface area contributed by atoms with Gasteiger partial charge in [0.15, 0.2) is 0 Å². The monoisotopic (exact) mass is 275 g/mol. The first kappa shape index (κ1) is 13.1. The summed E-state index contributed by atoms with van der Waals surface area (Å²) in [6.45, 7) is 1.38. The van der Waals surface area contributed by atoms with Gasteiger partial charge >= 0.3 is 0 Å². The first-order chi connectivity index (χ1) is 9.78. The molecule has 1 amide bonds. The molecule has 1 saturated heterocycles. The lowest BCUT2D eigenvalue weighted by molar-refractivity contribution is -0.150. The lowest BCUT2D eigenvalue weighted by atomic mass is 9.90. The molecular weight excluding hydrogens is 258 g/mol. The van der Waals surface area contributed by atoms with Crippen molar-refractivity contribution >= 4 is 5.91 Å².